The molecule has 1 aliphatic carbocycles. The molecular formula is C18H19FN2O3. The topological polar surface area (TPSA) is 66.5 Å². The number of piperidine rings is 2. The number of halogens is 1. The van der Waals surface area contributed by atoms with Crippen LogP contribution in [0.4, 0.5) is 10.1 Å². The number of carbonyl (C=O) groups excluding carboxylic acids is 3. The van der Waals surface area contributed by atoms with Crippen LogP contribution >= 0.6 is 0 Å². The fourth-order valence-corrected chi connectivity index (χ4v) is 4.44. The Hall–Kier alpha value is -2.24. The minimum atomic E-state index is -0.472. The van der Waals surface area contributed by atoms with Crippen LogP contribution in [0.15, 0.2) is 18.2 Å². The van der Waals surface area contributed by atoms with E-state index >= 15 is 0 Å². The molecule has 1 N–H and O–H groups in total. The van der Waals surface area contributed by atoms with Gasteiger partial charge in [0, 0.05) is 24.9 Å². The number of anilines is 1. The second-order valence-electron chi connectivity index (χ2n) is 7.05. The third-order valence-electron chi connectivity index (χ3n) is 5.69. The molecule has 4 atom stereocenters. The van der Waals surface area contributed by atoms with Crippen LogP contribution in [0.5, 0.6) is 0 Å². The number of nitrogens with zero attached hydrogens (tertiary/aromatic N) is 1. The van der Waals surface area contributed by atoms with E-state index in [2.05, 4.69) is 5.32 Å². The number of nitrogens with one attached hydrogen (secondary N) is 1. The first-order valence-electron chi connectivity index (χ1n) is 8.42. The van der Waals surface area contributed by atoms with E-state index in [9.17, 15) is 18.8 Å². The molecule has 3 aliphatic rings. The lowest BCUT2D eigenvalue weighted by molar-refractivity contribution is -0.134. The van der Waals surface area contributed by atoms with Gasteiger partial charge < -0.3 is 9.69 Å². The van der Waals surface area contributed by atoms with Gasteiger partial charge in [-0.05, 0) is 42.9 Å². The lowest BCUT2D eigenvalue weighted by Gasteiger charge is -2.32. The Morgan fingerprint density at radius 3 is 2.71 bits per heavy atom. The molecule has 1 aromatic rings. The Bertz CT molecular complexity index is 720. The molecule has 1 saturated carbocycles. The van der Waals surface area contributed by atoms with Gasteiger partial charge >= 0.3 is 0 Å². The average Bonchev–Trinajstić information content (AvgIpc) is 3.14. The third-order valence-corrected chi connectivity index (χ3v) is 5.69. The van der Waals surface area contributed by atoms with Crippen LogP contribution in [-0.2, 0) is 14.4 Å². The van der Waals surface area contributed by atoms with Gasteiger partial charge in [0.25, 0.3) is 0 Å². The lowest BCUT2D eigenvalue weighted by atomic mass is 9.90. The monoisotopic (exact) mass is 330 g/mol. The van der Waals surface area contributed by atoms with E-state index in [1.807, 2.05) is 4.90 Å². The van der Waals surface area contributed by atoms with Crippen LogP contribution in [0.2, 0.25) is 0 Å². The van der Waals surface area contributed by atoms with Gasteiger partial charge in [-0.2, -0.15) is 0 Å². The van der Waals surface area contributed by atoms with Crippen molar-refractivity contribution in [1.29, 1.82) is 0 Å². The van der Waals surface area contributed by atoms with E-state index < -0.39 is 5.92 Å². The molecular weight excluding hydrogens is 311 g/mol. The van der Waals surface area contributed by atoms with Gasteiger partial charge in [-0.25, -0.2) is 4.39 Å². The first-order chi connectivity index (χ1) is 11.6. The van der Waals surface area contributed by atoms with Gasteiger partial charge in [0.2, 0.25) is 11.8 Å². The summed E-state index contributed by atoms with van der Waals surface area (Å²) >= 11 is 0. The quantitative estimate of drug-likeness (QED) is 0.677. The summed E-state index contributed by atoms with van der Waals surface area (Å²) in [6, 6.07) is 5.15. The predicted molar refractivity (Wildman–Crippen MR) is 84.9 cm³/mol. The average molecular weight is 330 g/mol. The maximum Gasteiger partial charge on any atom is 0.234 e. The smallest absolute Gasteiger partial charge is 0.234 e. The standard InChI is InChI=1S/C18H19FN2O3/c19-15-7-10(14-2-4-17(23)20-18(14)24)1-3-16(15)21-8-11-5-13(21)6-12(11)9-22/h1,3,7,9,11-14H,2,4-6,8H2,(H,20,23,24)/t11-,12+,13-,14?/m0/s1. The Morgan fingerprint density at radius 2 is 2.08 bits per heavy atom. The van der Waals surface area contributed by atoms with Gasteiger partial charge in [0.1, 0.15) is 12.1 Å². The van der Waals surface area contributed by atoms with Crippen molar-refractivity contribution in [3.63, 3.8) is 0 Å². The molecule has 2 heterocycles. The van der Waals surface area contributed by atoms with Crippen molar-refractivity contribution in [3.8, 4) is 0 Å². The second-order valence-corrected chi connectivity index (χ2v) is 7.05. The Labute approximate surface area is 139 Å². The van der Waals surface area contributed by atoms with Gasteiger partial charge in [0.05, 0.1) is 11.6 Å². The molecule has 2 saturated heterocycles. The molecule has 3 fully saturated rings. The number of hydrogen-bond donors (Lipinski definition) is 1. The van der Waals surface area contributed by atoms with Gasteiger partial charge in [-0.15, -0.1) is 0 Å². The summed E-state index contributed by atoms with van der Waals surface area (Å²) in [7, 11) is 0. The summed E-state index contributed by atoms with van der Waals surface area (Å²) < 4.78 is 14.7. The highest BCUT2D eigenvalue weighted by Gasteiger charge is 2.45. The number of benzene rings is 1. The maximum atomic E-state index is 14.7. The summed E-state index contributed by atoms with van der Waals surface area (Å²) in [5.41, 5.74) is 1.15. The van der Waals surface area contributed by atoms with E-state index in [4.69, 9.17) is 0 Å². The van der Waals surface area contributed by atoms with Crippen LogP contribution in [0, 0.1) is 17.7 Å². The van der Waals surface area contributed by atoms with Crippen molar-refractivity contribution in [1.82, 2.24) is 5.32 Å². The number of fused-ring (bicyclic) bond motifs is 2. The van der Waals surface area contributed by atoms with E-state index in [0.29, 0.717) is 30.1 Å². The van der Waals surface area contributed by atoms with Crippen LogP contribution in [0.1, 0.15) is 37.2 Å². The Morgan fingerprint density at radius 1 is 1.25 bits per heavy atom. The molecule has 1 aromatic carbocycles. The van der Waals surface area contributed by atoms with Crippen molar-refractivity contribution >= 4 is 23.8 Å². The first kappa shape index (κ1) is 15.3. The van der Waals surface area contributed by atoms with Gasteiger partial charge in [0.15, 0.2) is 0 Å². The second kappa shape index (κ2) is 5.69. The summed E-state index contributed by atoms with van der Waals surface area (Å²) in [5, 5.41) is 2.31. The van der Waals surface area contributed by atoms with Crippen molar-refractivity contribution in [2.24, 2.45) is 11.8 Å². The lowest BCUT2D eigenvalue weighted by Crippen LogP contribution is -2.39. The first-order valence-corrected chi connectivity index (χ1v) is 8.42. The van der Waals surface area contributed by atoms with Gasteiger partial charge in [-0.1, -0.05) is 6.07 Å². The molecule has 0 aromatic heterocycles. The number of hydrogen-bond acceptors (Lipinski definition) is 4. The summed E-state index contributed by atoms with van der Waals surface area (Å²) in [6.07, 6.45) is 3.46. The van der Waals surface area contributed by atoms with Crippen LogP contribution < -0.4 is 10.2 Å². The van der Waals surface area contributed by atoms with E-state index in [-0.39, 0.29) is 36.0 Å². The minimum absolute atomic E-state index is 0.108. The van der Waals surface area contributed by atoms with Crippen LogP contribution in [-0.4, -0.2) is 30.7 Å². The molecule has 2 amide bonds. The van der Waals surface area contributed by atoms with Crippen molar-refractivity contribution in [3.05, 3.63) is 29.6 Å². The zero-order valence-corrected chi connectivity index (χ0v) is 13.2. The summed E-state index contributed by atoms with van der Waals surface area (Å²) in [6.45, 7) is 0.711. The molecule has 4 rings (SSSR count). The van der Waals surface area contributed by atoms with E-state index in [1.165, 1.54) is 6.07 Å². The van der Waals surface area contributed by atoms with Crippen molar-refractivity contribution in [2.45, 2.75) is 37.6 Å². The van der Waals surface area contributed by atoms with E-state index in [0.717, 1.165) is 19.1 Å². The molecule has 5 nitrogen and oxygen atoms in total. The molecule has 0 spiro atoms. The number of rotatable bonds is 3. The number of aldehydes is 1. The van der Waals surface area contributed by atoms with Gasteiger partial charge in [-0.3, -0.25) is 14.9 Å². The molecule has 126 valence electrons. The number of imide groups is 1. The fraction of sp³-hybridized carbons (Fsp3) is 0.500. The highest BCUT2D eigenvalue weighted by molar-refractivity contribution is 6.00. The minimum Gasteiger partial charge on any atom is -0.366 e. The zero-order chi connectivity index (χ0) is 16.8. The molecule has 2 aliphatic heterocycles. The highest BCUT2D eigenvalue weighted by atomic mass is 19.1. The number of carbonyl (C=O) groups is 3. The Balaban J connectivity index is 1.54. The molecule has 24 heavy (non-hydrogen) atoms. The molecule has 1 unspecified atom stereocenters. The highest BCUT2D eigenvalue weighted by Crippen LogP contribution is 2.44. The largest absolute Gasteiger partial charge is 0.366 e. The molecule has 2 bridgehead atoms. The zero-order valence-electron chi connectivity index (χ0n) is 13.2. The summed E-state index contributed by atoms with van der Waals surface area (Å²) in [5.74, 6) is -1.01. The molecule has 0 radical (unpaired) electrons. The normalized spacial score (nSPS) is 32.1. The Kier molecular flexibility index (Phi) is 3.62. The van der Waals surface area contributed by atoms with Crippen molar-refractivity contribution in [2.75, 3.05) is 11.4 Å². The van der Waals surface area contributed by atoms with E-state index in [1.54, 1.807) is 12.1 Å². The third kappa shape index (κ3) is 2.41. The fourth-order valence-electron chi connectivity index (χ4n) is 4.44. The van der Waals surface area contributed by atoms with Crippen molar-refractivity contribution < 1.29 is 18.8 Å². The summed E-state index contributed by atoms with van der Waals surface area (Å²) in [4.78, 5) is 36.2. The SMILES string of the molecule is O=C[C@H]1C[C@@H]2C[C@H]1CN2c1ccc(C2CCC(=O)NC2=O)cc1F. The predicted octanol–water partition coefficient (Wildman–Crippen LogP) is 1.76. The number of amides is 2. The van der Waals surface area contributed by atoms with Crippen LogP contribution in [0.25, 0.3) is 0 Å². The molecule has 6 heteroatoms. The maximum absolute atomic E-state index is 14.7. The van der Waals surface area contributed by atoms with Crippen LogP contribution in [0.3, 0.4) is 0 Å².